The van der Waals surface area contributed by atoms with Gasteiger partial charge in [-0.25, -0.2) is 4.68 Å². The van der Waals surface area contributed by atoms with Crippen molar-refractivity contribution in [2.24, 2.45) is 5.73 Å². The molecule has 0 aliphatic rings. The van der Waals surface area contributed by atoms with E-state index in [-0.39, 0.29) is 0 Å². The van der Waals surface area contributed by atoms with Crippen LogP contribution in [-0.2, 0) is 0 Å². The van der Waals surface area contributed by atoms with Crippen molar-refractivity contribution >= 4 is 6.20 Å². The van der Waals surface area contributed by atoms with Crippen LogP contribution in [0.3, 0.4) is 0 Å². The van der Waals surface area contributed by atoms with E-state index in [1.165, 1.54) is 0 Å². The van der Waals surface area contributed by atoms with Crippen LogP contribution in [0, 0.1) is 0 Å². The second-order valence-electron chi connectivity index (χ2n) is 1.98. The molecule has 4 heteroatoms. The Morgan fingerprint density at radius 2 is 2.64 bits per heavy atom. The van der Waals surface area contributed by atoms with Crippen LogP contribution in [0.15, 0.2) is 19.0 Å². The third kappa shape index (κ3) is 2.09. The Morgan fingerprint density at radius 1 is 1.82 bits per heavy atom. The van der Waals surface area contributed by atoms with Crippen molar-refractivity contribution in [2.45, 2.75) is 0 Å². The van der Waals surface area contributed by atoms with Crippen LogP contribution in [0.4, 0.5) is 0 Å². The van der Waals surface area contributed by atoms with Gasteiger partial charge in [-0.05, 0) is 0 Å². The van der Waals surface area contributed by atoms with Gasteiger partial charge in [0, 0.05) is 12.7 Å². The van der Waals surface area contributed by atoms with E-state index in [2.05, 4.69) is 11.7 Å². The second-order valence-corrected chi connectivity index (χ2v) is 1.98. The van der Waals surface area contributed by atoms with E-state index in [9.17, 15) is 0 Å². The van der Waals surface area contributed by atoms with Gasteiger partial charge in [0.1, 0.15) is 6.61 Å². The fraction of sp³-hybridized carbons (Fsp3) is 0.286. The first kappa shape index (κ1) is 7.81. The molecule has 0 aliphatic carbocycles. The fourth-order valence-electron chi connectivity index (χ4n) is 0.672. The zero-order chi connectivity index (χ0) is 8.10. The first-order valence-corrected chi connectivity index (χ1v) is 3.36. The quantitative estimate of drug-likeness (QED) is 0.677. The maximum absolute atomic E-state index is 5.24. The average Bonchev–Trinajstić information content (AvgIpc) is 2.48. The van der Waals surface area contributed by atoms with Crippen molar-refractivity contribution in [1.82, 2.24) is 9.78 Å². The van der Waals surface area contributed by atoms with Gasteiger partial charge in [0.05, 0.1) is 12.4 Å². The number of ether oxygens (including phenoxy) is 1. The minimum atomic E-state index is 0.513. The van der Waals surface area contributed by atoms with Crippen LogP contribution < -0.4 is 10.5 Å². The smallest absolute Gasteiger partial charge is 0.157 e. The van der Waals surface area contributed by atoms with Crippen molar-refractivity contribution in [3.05, 3.63) is 19.0 Å². The lowest BCUT2D eigenvalue weighted by molar-refractivity contribution is 0.328. The average molecular weight is 153 g/mol. The van der Waals surface area contributed by atoms with E-state index in [0.717, 1.165) is 5.75 Å². The molecule has 0 amide bonds. The van der Waals surface area contributed by atoms with Gasteiger partial charge in [0.25, 0.3) is 0 Å². The minimum absolute atomic E-state index is 0.513. The molecule has 0 fully saturated rings. The van der Waals surface area contributed by atoms with Gasteiger partial charge in [0.2, 0.25) is 0 Å². The molecule has 0 spiro atoms. The summed E-state index contributed by atoms with van der Waals surface area (Å²) in [6.07, 6.45) is 4.95. The van der Waals surface area contributed by atoms with E-state index in [0.29, 0.717) is 13.2 Å². The lowest BCUT2D eigenvalue weighted by Crippen LogP contribution is -2.10. The Kier molecular flexibility index (Phi) is 2.68. The summed E-state index contributed by atoms with van der Waals surface area (Å²) in [4.78, 5) is 0. The number of rotatable bonds is 4. The third-order valence-electron chi connectivity index (χ3n) is 1.15. The van der Waals surface area contributed by atoms with Crippen LogP contribution in [0.1, 0.15) is 0 Å². The van der Waals surface area contributed by atoms with E-state index < -0.39 is 0 Å². The predicted molar refractivity (Wildman–Crippen MR) is 43.2 cm³/mol. The summed E-state index contributed by atoms with van der Waals surface area (Å²) < 4.78 is 6.76. The second kappa shape index (κ2) is 3.78. The number of aromatic nitrogens is 2. The molecule has 0 radical (unpaired) electrons. The summed E-state index contributed by atoms with van der Waals surface area (Å²) in [6, 6.07) is 0. The molecule has 0 aromatic carbocycles. The van der Waals surface area contributed by atoms with Gasteiger partial charge >= 0.3 is 0 Å². The molecular weight excluding hydrogens is 142 g/mol. The zero-order valence-electron chi connectivity index (χ0n) is 6.23. The maximum atomic E-state index is 5.24. The van der Waals surface area contributed by atoms with Crippen molar-refractivity contribution in [2.75, 3.05) is 13.2 Å². The fourth-order valence-corrected chi connectivity index (χ4v) is 0.672. The summed E-state index contributed by atoms with van der Waals surface area (Å²) in [5.41, 5.74) is 5.24. The summed E-state index contributed by atoms with van der Waals surface area (Å²) in [5.74, 6) is 0.718. The first-order chi connectivity index (χ1) is 5.36. The Labute approximate surface area is 65.3 Å². The Hall–Kier alpha value is -1.29. The highest BCUT2D eigenvalue weighted by molar-refractivity contribution is 5.21. The molecule has 11 heavy (non-hydrogen) atoms. The first-order valence-electron chi connectivity index (χ1n) is 3.36. The molecule has 2 N–H and O–H groups in total. The number of nitrogens with zero attached hydrogens (tertiary/aromatic N) is 2. The van der Waals surface area contributed by atoms with E-state index >= 15 is 0 Å². The van der Waals surface area contributed by atoms with Crippen molar-refractivity contribution < 1.29 is 4.74 Å². The normalized spacial score (nSPS) is 9.55. The molecule has 1 aromatic rings. The topological polar surface area (TPSA) is 53.1 Å². The third-order valence-corrected chi connectivity index (χ3v) is 1.15. The maximum Gasteiger partial charge on any atom is 0.157 e. The minimum Gasteiger partial charge on any atom is -0.489 e. The molecule has 0 saturated heterocycles. The van der Waals surface area contributed by atoms with Gasteiger partial charge < -0.3 is 10.5 Å². The van der Waals surface area contributed by atoms with Gasteiger partial charge in [-0.15, -0.1) is 0 Å². The van der Waals surface area contributed by atoms with E-state index in [1.807, 2.05) is 0 Å². The van der Waals surface area contributed by atoms with E-state index in [4.69, 9.17) is 10.5 Å². The van der Waals surface area contributed by atoms with Crippen LogP contribution in [0.25, 0.3) is 6.20 Å². The highest BCUT2D eigenvalue weighted by Gasteiger charge is 1.94. The van der Waals surface area contributed by atoms with Gasteiger partial charge in [-0.1, -0.05) is 6.58 Å². The molecule has 1 rings (SSSR count). The molecule has 0 bridgehead atoms. The molecule has 0 aliphatic heterocycles. The van der Waals surface area contributed by atoms with Crippen molar-refractivity contribution in [1.29, 1.82) is 0 Å². The number of nitrogens with two attached hydrogens (primary N) is 1. The molecular formula is C7H11N3O. The molecule has 1 heterocycles. The van der Waals surface area contributed by atoms with Crippen LogP contribution >= 0.6 is 0 Å². The SMILES string of the molecule is C=Cn1cc(OCCN)cn1. The lowest BCUT2D eigenvalue weighted by Gasteiger charge is -1.97. The Balaban J connectivity index is 2.51. The summed E-state index contributed by atoms with van der Waals surface area (Å²) >= 11 is 0. The summed E-state index contributed by atoms with van der Waals surface area (Å²) in [6.45, 7) is 4.57. The molecule has 0 unspecified atom stereocenters. The Bertz CT molecular complexity index is 231. The van der Waals surface area contributed by atoms with Crippen molar-refractivity contribution in [3.8, 4) is 5.75 Å². The Morgan fingerprint density at radius 3 is 3.18 bits per heavy atom. The lowest BCUT2D eigenvalue weighted by atomic mass is 10.6. The molecule has 1 aromatic heterocycles. The summed E-state index contributed by atoms with van der Waals surface area (Å²) in [5, 5.41) is 3.92. The van der Waals surface area contributed by atoms with Crippen LogP contribution in [0.5, 0.6) is 5.75 Å². The molecule has 0 atom stereocenters. The van der Waals surface area contributed by atoms with E-state index in [1.54, 1.807) is 23.3 Å². The van der Waals surface area contributed by atoms with Crippen LogP contribution in [0.2, 0.25) is 0 Å². The predicted octanol–water partition coefficient (Wildman–Crippen LogP) is 0.321. The van der Waals surface area contributed by atoms with Gasteiger partial charge in [-0.3, -0.25) is 0 Å². The van der Waals surface area contributed by atoms with Crippen LogP contribution in [-0.4, -0.2) is 22.9 Å². The highest BCUT2D eigenvalue weighted by Crippen LogP contribution is 2.06. The number of hydrogen-bond donors (Lipinski definition) is 1. The van der Waals surface area contributed by atoms with Crippen molar-refractivity contribution in [3.63, 3.8) is 0 Å². The highest BCUT2D eigenvalue weighted by atomic mass is 16.5. The zero-order valence-corrected chi connectivity index (χ0v) is 6.23. The largest absolute Gasteiger partial charge is 0.489 e. The monoisotopic (exact) mass is 153 g/mol. The summed E-state index contributed by atoms with van der Waals surface area (Å²) in [7, 11) is 0. The number of hydrogen-bond acceptors (Lipinski definition) is 3. The van der Waals surface area contributed by atoms with Gasteiger partial charge in [0.15, 0.2) is 5.75 Å². The molecule has 4 nitrogen and oxygen atoms in total. The standard InChI is InChI=1S/C7H11N3O/c1-2-10-6-7(5-9-10)11-4-3-8/h2,5-6H,1,3-4,8H2. The van der Waals surface area contributed by atoms with Gasteiger partial charge in [-0.2, -0.15) is 5.10 Å². The molecule has 60 valence electrons. The molecule has 0 saturated carbocycles.